The van der Waals surface area contributed by atoms with Crippen LogP contribution < -0.4 is 14.8 Å². The molecule has 0 unspecified atom stereocenters. The molecule has 32 heavy (non-hydrogen) atoms. The van der Waals surface area contributed by atoms with Gasteiger partial charge in [-0.1, -0.05) is 41.4 Å². The lowest BCUT2D eigenvalue weighted by molar-refractivity contribution is 0.210. The van der Waals surface area contributed by atoms with Crippen molar-refractivity contribution in [2.75, 3.05) is 26.1 Å². The van der Waals surface area contributed by atoms with E-state index in [2.05, 4.69) is 5.32 Å². The zero-order valence-electron chi connectivity index (χ0n) is 17.7. The number of nitrogens with one attached hydrogen (secondary N) is 1. The molecule has 8 heteroatoms. The van der Waals surface area contributed by atoms with Crippen molar-refractivity contribution in [2.24, 2.45) is 0 Å². The normalized spacial score (nSPS) is 10.5. The topological polar surface area (TPSA) is 50.8 Å². The van der Waals surface area contributed by atoms with E-state index in [0.717, 1.165) is 11.1 Å². The highest BCUT2D eigenvalue weighted by atomic mass is 35.5. The van der Waals surface area contributed by atoms with E-state index in [-0.39, 0.29) is 11.8 Å². The summed E-state index contributed by atoms with van der Waals surface area (Å²) in [4.78, 5) is 14.7. The van der Waals surface area contributed by atoms with Gasteiger partial charge in [0.05, 0.1) is 24.9 Å². The molecule has 0 aliphatic heterocycles. The van der Waals surface area contributed by atoms with E-state index in [4.69, 9.17) is 32.7 Å². The Hall–Kier alpha value is -2.96. The van der Waals surface area contributed by atoms with Crippen LogP contribution in [-0.2, 0) is 13.0 Å². The molecule has 0 heterocycles. The van der Waals surface area contributed by atoms with Gasteiger partial charge in [-0.25, -0.2) is 9.18 Å². The molecule has 3 rings (SSSR count). The van der Waals surface area contributed by atoms with Crippen molar-refractivity contribution in [2.45, 2.75) is 13.0 Å². The lowest BCUT2D eigenvalue weighted by Crippen LogP contribution is -2.36. The molecule has 0 radical (unpaired) electrons. The number of carbonyl (C=O) groups is 1. The van der Waals surface area contributed by atoms with Crippen molar-refractivity contribution in [3.63, 3.8) is 0 Å². The molecular formula is C24H23Cl2FN2O3. The Bertz CT molecular complexity index is 1080. The molecule has 0 bridgehead atoms. The van der Waals surface area contributed by atoms with Gasteiger partial charge in [-0.05, 0) is 60.0 Å². The molecule has 0 spiro atoms. The highest BCUT2D eigenvalue weighted by Crippen LogP contribution is 2.28. The van der Waals surface area contributed by atoms with Crippen molar-refractivity contribution in [3.8, 4) is 11.5 Å². The van der Waals surface area contributed by atoms with Crippen LogP contribution in [0.5, 0.6) is 11.5 Å². The summed E-state index contributed by atoms with van der Waals surface area (Å²) in [5, 5.41) is 3.64. The molecule has 2 amide bonds. The summed E-state index contributed by atoms with van der Waals surface area (Å²) < 4.78 is 23.9. The maximum Gasteiger partial charge on any atom is 0.322 e. The predicted molar refractivity (Wildman–Crippen MR) is 126 cm³/mol. The number of hydrogen-bond acceptors (Lipinski definition) is 3. The Kier molecular flexibility index (Phi) is 8.20. The number of ether oxygens (including phenoxy) is 2. The predicted octanol–water partition coefficient (Wildman–Crippen LogP) is 6.43. The quantitative estimate of drug-likeness (QED) is 0.407. The summed E-state index contributed by atoms with van der Waals surface area (Å²) in [6, 6.07) is 16.2. The van der Waals surface area contributed by atoms with E-state index < -0.39 is 0 Å². The van der Waals surface area contributed by atoms with Crippen LogP contribution in [0, 0.1) is 5.82 Å². The maximum absolute atomic E-state index is 13.3. The SMILES string of the molecule is COc1ccc(CCN(Cc2ccc(F)cc2)C(=O)Nc2ccc(Cl)cc2Cl)cc1OC. The minimum Gasteiger partial charge on any atom is -0.493 e. The number of urea groups is 1. The largest absolute Gasteiger partial charge is 0.493 e. The molecular weight excluding hydrogens is 454 g/mol. The number of amides is 2. The number of rotatable bonds is 8. The van der Waals surface area contributed by atoms with Gasteiger partial charge in [0.15, 0.2) is 11.5 Å². The average molecular weight is 477 g/mol. The van der Waals surface area contributed by atoms with Crippen molar-refractivity contribution in [1.82, 2.24) is 4.90 Å². The molecule has 1 N–H and O–H groups in total. The molecule has 0 saturated heterocycles. The number of halogens is 3. The molecule has 0 saturated carbocycles. The summed E-state index contributed by atoms with van der Waals surface area (Å²) in [6.07, 6.45) is 0.573. The molecule has 0 aliphatic rings. The van der Waals surface area contributed by atoms with Gasteiger partial charge in [0.2, 0.25) is 0 Å². The van der Waals surface area contributed by atoms with E-state index in [1.165, 1.54) is 12.1 Å². The van der Waals surface area contributed by atoms with E-state index in [1.807, 2.05) is 18.2 Å². The number of hydrogen-bond donors (Lipinski definition) is 1. The first-order valence-electron chi connectivity index (χ1n) is 9.86. The molecule has 3 aromatic carbocycles. The highest BCUT2D eigenvalue weighted by Gasteiger charge is 2.17. The van der Waals surface area contributed by atoms with Gasteiger partial charge in [0.25, 0.3) is 0 Å². The van der Waals surface area contributed by atoms with Gasteiger partial charge in [0, 0.05) is 18.1 Å². The zero-order chi connectivity index (χ0) is 23.1. The van der Waals surface area contributed by atoms with Crippen LogP contribution in [0.1, 0.15) is 11.1 Å². The number of anilines is 1. The molecule has 0 atom stereocenters. The summed E-state index contributed by atoms with van der Waals surface area (Å²) in [5.41, 5.74) is 2.23. The standard InChI is InChI=1S/C24H23Cl2FN2O3/c1-31-22-10-5-16(13-23(22)32-2)11-12-29(15-17-3-7-19(27)8-4-17)24(30)28-21-9-6-18(25)14-20(21)26/h3-10,13-14H,11-12,15H2,1-2H3,(H,28,30). The van der Waals surface area contributed by atoms with Gasteiger partial charge in [-0.15, -0.1) is 0 Å². The van der Waals surface area contributed by atoms with Crippen LogP contribution in [0.3, 0.4) is 0 Å². The third-order valence-electron chi connectivity index (χ3n) is 4.86. The lowest BCUT2D eigenvalue weighted by atomic mass is 10.1. The van der Waals surface area contributed by atoms with Gasteiger partial charge < -0.3 is 19.7 Å². The van der Waals surface area contributed by atoms with E-state index in [1.54, 1.807) is 49.5 Å². The Morgan fingerprint density at radius 1 is 0.938 bits per heavy atom. The minimum atomic E-state index is -0.334. The molecule has 5 nitrogen and oxygen atoms in total. The Morgan fingerprint density at radius 2 is 1.62 bits per heavy atom. The Labute approximate surface area is 196 Å². The van der Waals surface area contributed by atoms with Crippen molar-refractivity contribution >= 4 is 34.9 Å². The zero-order valence-corrected chi connectivity index (χ0v) is 19.2. The molecule has 0 aliphatic carbocycles. The van der Waals surface area contributed by atoms with E-state index >= 15 is 0 Å². The number of benzene rings is 3. The summed E-state index contributed by atoms with van der Waals surface area (Å²) in [5.74, 6) is 0.921. The van der Waals surface area contributed by atoms with Crippen LogP contribution in [-0.4, -0.2) is 31.7 Å². The second-order valence-corrected chi connectivity index (χ2v) is 7.89. The van der Waals surface area contributed by atoms with Crippen molar-refractivity contribution in [3.05, 3.63) is 87.7 Å². The van der Waals surface area contributed by atoms with E-state index in [0.29, 0.717) is 46.7 Å². The average Bonchev–Trinajstić information content (AvgIpc) is 2.79. The third kappa shape index (κ3) is 6.28. The fourth-order valence-corrected chi connectivity index (χ4v) is 3.60. The van der Waals surface area contributed by atoms with Gasteiger partial charge in [-0.2, -0.15) is 0 Å². The first-order valence-corrected chi connectivity index (χ1v) is 10.6. The van der Waals surface area contributed by atoms with Crippen LogP contribution in [0.4, 0.5) is 14.9 Å². The monoisotopic (exact) mass is 476 g/mol. The van der Waals surface area contributed by atoms with Crippen LogP contribution >= 0.6 is 23.2 Å². The van der Waals surface area contributed by atoms with Gasteiger partial charge >= 0.3 is 6.03 Å². The summed E-state index contributed by atoms with van der Waals surface area (Å²) >= 11 is 12.1. The molecule has 3 aromatic rings. The van der Waals surface area contributed by atoms with Crippen molar-refractivity contribution in [1.29, 1.82) is 0 Å². The lowest BCUT2D eigenvalue weighted by Gasteiger charge is -2.24. The first kappa shape index (κ1) is 23.7. The Balaban J connectivity index is 1.78. The van der Waals surface area contributed by atoms with E-state index in [9.17, 15) is 9.18 Å². The first-order chi connectivity index (χ1) is 15.4. The van der Waals surface area contributed by atoms with Crippen LogP contribution in [0.15, 0.2) is 60.7 Å². The number of nitrogens with zero attached hydrogens (tertiary/aromatic N) is 1. The van der Waals surface area contributed by atoms with Gasteiger partial charge in [-0.3, -0.25) is 0 Å². The van der Waals surface area contributed by atoms with Crippen molar-refractivity contribution < 1.29 is 18.7 Å². The second-order valence-electron chi connectivity index (χ2n) is 7.04. The number of carbonyl (C=O) groups excluding carboxylic acids is 1. The summed E-state index contributed by atoms with van der Waals surface area (Å²) in [6.45, 7) is 0.703. The number of methoxy groups -OCH3 is 2. The van der Waals surface area contributed by atoms with Crippen LogP contribution in [0.2, 0.25) is 10.0 Å². The summed E-state index contributed by atoms with van der Waals surface area (Å²) in [7, 11) is 3.15. The fourth-order valence-electron chi connectivity index (χ4n) is 3.15. The van der Waals surface area contributed by atoms with Crippen LogP contribution in [0.25, 0.3) is 0 Å². The van der Waals surface area contributed by atoms with Gasteiger partial charge in [0.1, 0.15) is 5.82 Å². The maximum atomic E-state index is 13.3. The Morgan fingerprint density at radius 3 is 2.28 bits per heavy atom. The molecule has 168 valence electrons. The molecule has 0 aromatic heterocycles. The second kappa shape index (κ2) is 11.1. The highest BCUT2D eigenvalue weighted by molar-refractivity contribution is 6.36. The third-order valence-corrected chi connectivity index (χ3v) is 5.41. The minimum absolute atomic E-state index is 0.296. The molecule has 0 fully saturated rings. The fraction of sp³-hybridized carbons (Fsp3) is 0.208. The smallest absolute Gasteiger partial charge is 0.322 e.